The molecule has 3 heterocycles. The average Bonchev–Trinajstić information content (AvgIpc) is 3.21. The molecule has 1 aliphatic rings. The van der Waals surface area contributed by atoms with E-state index in [1.807, 2.05) is 14.1 Å². The summed E-state index contributed by atoms with van der Waals surface area (Å²) in [6, 6.07) is 0. The van der Waals surface area contributed by atoms with Gasteiger partial charge in [0.1, 0.15) is 11.4 Å². The molecule has 3 aromatic heterocycles. The van der Waals surface area contributed by atoms with Crippen LogP contribution in [-0.2, 0) is 19.4 Å². The van der Waals surface area contributed by atoms with E-state index >= 15 is 0 Å². The SMILES string of the molecule is CN(C)CCSc1nnc(Cn2cnc3sc4c(c3c2=O)CCCC4)o1. The third kappa shape index (κ3) is 3.56. The molecular formula is C17H21N5O2S2. The number of rotatable bonds is 6. The topological polar surface area (TPSA) is 77.1 Å². The van der Waals surface area contributed by atoms with E-state index in [0.717, 1.165) is 41.8 Å². The molecule has 3 aromatic rings. The molecule has 138 valence electrons. The Hall–Kier alpha value is -1.71. The van der Waals surface area contributed by atoms with Gasteiger partial charge in [-0.15, -0.1) is 21.5 Å². The van der Waals surface area contributed by atoms with Crippen LogP contribution in [0.1, 0.15) is 29.2 Å². The first-order valence-electron chi connectivity index (χ1n) is 8.71. The van der Waals surface area contributed by atoms with E-state index in [4.69, 9.17) is 4.42 Å². The highest BCUT2D eigenvalue weighted by Crippen LogP contribution is 2.33. The molecule has 4 rings (SSSR count). The van der Waals surface area contributed by atoms with Crippen molar-refractivity contribution in [2.45, 2.75) is 37.5 Å². The van der Waals surface area contributed by atoms with Gasteiger partial charge in [-0.3, -0.25) is 9.36 Å². The highest BCUT2D eigenvalue weighted by Gasteiger charge is 2.20. The molecule has 0 N–H and O–H groups in total. The summed E-state index contributed by atoms with van der Waals surface area (Å²) in [5.74, 6) is 1.31. The van der Waals surface area contributed by atoms with Crippen LogP contribution in [0.25, 0.3) is 10.2 Å². The summed E-state index contributed by atoms with van der Waals surface area (Å²) in [5, 5.41) is 9.45. The quantitative estimate of drug-likeness (QED) is 0.597. The zero-order valence-electron chi connectivity index (χ0n) is 14.9. The molecule has 7 nitrogen and oxygen atoms in total. The summed E-state index contributed by atoms with van der Waals surface area (Å²) in [7, 11) is 4.05. The molecule has 0 fully saturated rings. The third-order valence-electron chi connectivity index (χ3n) is 4.46. The predicted molar refractivity (Wildman–Crippen MR) is 103 cm³/mol. The monoisotopic (exact) mass is 391 g/mol. The van der Waals surface area contributed by atoms with Gasteiger partial charge in [-0.05, 0) is 45.3 Å². The minimum absolute atomic E-state index is 0.00518. The van der Waals surface area contributed by atoms with Gasteiger partial charge < -0.3 is 9.32 Å². The Morgan fingerprint density at radius 2 is 2.15 bits per heavy atom. The first kappa shape index (κ1) is 17.7. The van der Waals surface area contributed by atoms with Crippen molar-refractivity contribution in [1.29, 1.82) is 0 Å². The number of nitrogens with zero attached hydrogens (tertiary/aromatic N) is 5. The van der Waals surface area contributed by atoms with Crippen LogP contribution in [0.2, 0.25) is 0 Å². The number of hydrogen-bond donors (Lipinski definition) is 0. The lowest BCUT2D eigenvalue weighted by molar-refractivity contribution is 0.400. The van der Waals surface area contributed by atoms with Gasteiger partial charge in [0, 0.05) is 17.2 Å². The lowest BCUT2D eigenvalue weighted by atomic mass is 9.97. The zero-order valence-corrected chi connectivity index (χ0v) is 16.5. The Labute approximate surface area is 159 Å². The zero-order chi connectivity index (χ0) is 18.1. The second-order valence-electron chi connectivity index (χ2n) is 6.68. The lowest BCUT2D eigenvalue weighted by Gasteiger charge is -2.10. The van der Waals surface area contributed by atoms with E-state index in [9.17, 15) is 4.79 Å². The van der Waals surface area contributed by atoms with Gasteiger partial charge in [-0.25, -0.2) is 4.98 Å². The van der Waals surface area contributed by atoms with Crippen molar-refractivity contribution in [3.8, 4) is 0 Å². The molecule has 0 saturated heterocycles. The number of aromatic nitrogens is 4. The largest absolute Gasteiger partial charge is 0.414 e. The standard InChI is InChI=1S/C17H21N5O2S2/c1-21(2)7-8-25-17-20-19-13(24-17)9-22-10-18-15-14(16(22)23)11-5-3-4-6-12(11)26-15/h10H,3-9H2,1-2H3. The molecule has 0 aliphatic heterocycles. The minimum Gasteiger partial charge on any atom is -0.414 e. The van der Waals surface area contributed by atoms with Gasteiger partial charge in [0.15, 0.2) is 0 Å². The molecule has 0 bridgehead atoms. The molecule has 0 amide bonds. The molecule has 0 aromatic carbocycles. The fourth-order valence-electron chi connectivity index (χ4n) is 3.12. The lowest BCUT2D eigenvalue weighted by Crippen LogP contribution is -2.21. The highest BCUT2D eigenvalue weighted by atomic mass is 32.2. The fourth-order valence-corrected chi connectivity index (χ4v) is 5.22. The van der Waals surface area contributed by atoms with Gasteiger partial charge in [0.25, 0.3) is 10.8 Å². The van der Waals surface area contributed by atoms with Crippen LogP contribution in [-0.4, -0.2) is 51.0 Å². The molecule has 0 saturated carbocycles. The Balaban J connectivity index is 1.55. The second-order valence-corrected chi connectivity index (χ2v) is 8.81. The van der Waals surface area contributed by atoms with Crippen molar-refractivity contribution >= 4 is 33.3 Å². The Kier molecular flexibility index (Phi) is 5.10. The normalized spacial score (nSPS) is 14.3. The van der Waals surface area contributed by atoms with Gasteiger partial charge in [0.05, 0.1) is 11.7 Å². The Morgan fingerprint density at radius 1 is 1.31 bits per heavy atom. The maximum atomic E-state index is 12.9. The first-order chi connectivity index (χ1) is 12.6. The van der Waals surface area contributed by atoms with Crippen molar-refractivity contribution in [2.75, 3.05) is 26.4 Å². The van der Waals surface area contributed by atoms with Crippen LogP contribution in [0.5, 0.6) is 0 Å². The smallest absolute Gasteiger partial charge is 0.276 e. The average molecular weight is 392 g/mol. The van der Waals surface area contributed by atoms with Crippen LogP contribution in [0.4, 0.5) is 0 Å². The molecule has 9 heteroatoms. The summed E-state index contributed by atoms with van der Waals surface area (Å²) in [4.78, 5) is 21.7. The van der Waals surface area contributed by atoms with Crippen molar-refractivity contribution in [3.05, 3.63) is 33.0 Å². The molecule has 0 atom stereocenters. The Morgan fingerprint density at radius 3 is 3.00 bits per heavy atom. The third-order valence-corrected chi connectivity index (χ3v) is 6.46. The van der Waals surface area contributed by atoms with Crippen LogP contribution < -0.4 is 5.56 Å². The second kappa shape index (κ2) is 7.50. The molecule has 0 radical (unpaired) electrons. The van der Waals surface area contributed by atoms with E-state index in [0.29, 0.717) is 11.1 Å². The summed E-state index contributed by atoms with van der Waals surface area (Å²) in [6.45, 7) is 1.19. The van der Waals surface area contributed by atoms with Crippen LogP contribution >= 0.6 is 23.1 Å². The van der Waals surface area contributed by atoms with Crippen LogP contribution in [0, 0.1) is 0 Å². The highest BCUT2D eigenvalue weighted by molar-refractivity contribution is 7.99. The maximum absolute atomic E-state index is 12.9. The Bertz CT molecular complexity index is 975. The van der Waals surface area contributed by atoms with Gasteiger partial charge in [0.2, 0.25) is 5.89 Å². The van der Waals surface area contributed by atoms with Gasteiger partial charge in [-0.2, -0.15) is 0 Å². The minimum atomic E-state index is -0.00518. The van der Waals surface area contributed by atoms with Crippen molar-refractivity contribution < 1.29 is 4.42 Å². The molecular weight excluding hydrogens is 370 g/mol. The fraction of sp³-hybridized carbons (Fsp3) is 0.529. The van der Waals surface area contributed by atoms with Gasteiger partial charge >= 0.3 is 0 Å². The summed E-state index contributed by atoms with van der Waals surface area (Å²) in [5.41, 5.74) is 1.20. The number of aryl methyl sites for hydroxylation is 2. The molecule has 0 unspecified atom stereocenters. The summed E-state index contributed by atoms with van der Waals surface area (Å²) in [6.07, 6.45) is 5.97. The van der Waals surface area contributed by atoms with Crippen molar-refractivity contribution in [3.63, 3.8) is 0 Å². The first-order valence-corrected chi connectivity index (χ1v) is 10.5. The van der Waals surface area contributed by atoms with Gasteiger partial charge in [-0.1, -0.05) is 11.8 Å². The summed E-state index contributed by atoms with van der Waals surface area (Å²) < 4.78 is 7.24. The van der Waals surface area contributed by atoms with Crippen LogP contribution in [0.3, 0.4) is 0 Å². The van der Waals surface area contributed by atoms with E-state index < -0.39 is 0 Å². The molecule has 1 aliphatic carbocycles. The molecule has 0 spiro atoms. The predicted octanol–water partition coefficient (Wildman–Crippen LogP) is 2.42. The number of thioether (sulfide) groups is 1. The van der Waals surface area contributed by atoms with E-state index in [1.165, 1.54) is 28.6 Å². The van der Waals surface area contributed by atoms with E-state index in [2.05, 4.69) is 20.1 Å². The van der Waals surface area contributed by atoms with Crippen LogP contribution in [0.15, 0.2) is 20.8 Å². The number of hydrogen-bond acceptors (Lipinski definition) is 8. The number of thiophene rings is 1. The molecule has 26 heavy (non-hydrogen) atoms. The summed E-state index contributed by atoms with van der Waals surface area (Å²) >= 11 is 3.18. The van der Waals surface area contributed by atoms with Crippen molar-refractivity contribution in [1.82, 2.24) is 24.6 Å². The number of fused-ring (bicyclic) bond motifs is 3. The van der Waals surface area contributed by atoms with E-state index in [1.54, 1.807) is 22.2 Å². The van der Waals surface area contributed by atoms with E-state index in [-0.39, 0.29) is 12.1 Å². The maximum Gasteiger partial charge on any atom is 0.276 e. The van der Waals surface area contributed by atoms with Crippen molar-refractivity contribution in [2.24, 2.45) is 0 Å².